The number of nitrogens with zero attached hydrogens (tertiary/aromatic N) is 1. The van der Waals surface area contributed by atoms with Crippen LogP contribution in [0.5, 0.6) is 0 Å². The van der Waals surface area contributed by atoms with Gasteiger partial charge in [-0.1, -0.05) is 49.5 Å². The first-order valence-corrected chi connectivity index (χ1v) is 7.45. The molecular weight excluding hydrogens is 201 g/mol. The van der Waals surface area contributed by atoms with E-state index in [-0.39, 0.29) is 7.92 Å². The zero-order valence-electron chi connectivity index (χ0n) is 12.3. The summed E-state index contributed by atoms with van der Waals surface area (Å²) in [6.07, 6.45) is 1.38. The largest absolute Gasteiger partial charge is 0.331 e. The number of quaternary nitrogens is 1. The van der Waals surface area contributed by atoms with E-state index >= 15 is 0 Å². The lowest BCUT2D eigenvalue weighted by Gasteiger charge is -2.42. The molecule has 0 spiro atoms. The third-order valence-corrected chi connectivity index (χ3v) is 6.50. The van der Waals surface area contributed by atoms with Crippen molar-refractivity contribution in [2.45, 2.75) is 51.9 Å². The molecule has 0 aromatic carbocycles. The molecule has 15 heavy (non-hydrogen) atoms. The van der Waals surface area contributed by atoms with Gasteiger partial charge in [0.25, 0.3) is 0 Å². The quantitative estimate of drug-likeness (QED) is 0.513. The van der Waals surface area contributed by atoms with Gasteiger partial charge < -0.3 is 4.48 Å². The fourth-order valence-electron chi connectivity index (χ4n) is 2.08. The average molecular weight is 232 g/mol. The summed E-state index contributed by atoms with van der Waals surface area (Å²) >= 11 is 0. The molecule has 0 heterocycles. The maximum Gasteiger partial charge on any atom is 0.0820 e. The molecule has 0 saturated heterocycles. The average Bonchev–Trinajstić information content (AvgIpc) is 1.75. The summed E-state index contributed by atoms with van der Waals surface area (Å²) in [6.45, 7) is 15.7. The fraction of sp³-hybridized carbons (Fsp3) is 1.00. The van der Waals surface area contributed by atoms with Crippen molar-refractivity contribution in [2.75, 3.05) is 33.8 Å². The van der Waals surface area contributed by atoms with E-state index in [1.54, 1.807) is 0 Å². The minimum Gasteiger partial charge on any atom is -0.331 e. The molecule has 0 bridgehead atoms. The van der Waals surface area contributed by atoms with Gasteiger partial charge in [0, 0.05) is 6.16 Å². The smallest absolute Gasteiger partial charge is 0.0820 e. The van der Waals surface area contributed by atoms with Crippen LogP contribution < -0.4 is 0 Å². The van der Waals surface area contributed by atoms with Crippen LogP contribution in [0.2, 0.25) is 0 Å². The highest BCUT2D eigenvalue weighted by Gasteiger charge is 2.34. The second kappa shape index (κ2) is 4.72. The van der Waals surface area contributed by atoms with Gasteiger partial charge in [-0.05, 0) is 10.3 Å². The van der Waals surface area contributed by atoms with Gasteiger partial charge in [0.2, 0.25) is 0 Å². The molecule has 0 N–H and O–H groups in total. The van der Waals surface area contributed by atoms with E-state index in [1.165, 1.54) is 12.7 Å². The Morgan fingerprint density at radius 2 is 1.13 bits per heavy atom. The molecule has 0 aromatic rings. The molecule has 0 unspecified atom stereocenters. The van der Waals surface area contributed by atoms with Crippen molar-refractivity contribution in [3.8, 4) is 0 Å². The van der Waals surface area contributed by atoms with Crippen LogP contribution in [-0.2, 0) is 0 Å². The summed E-state index contributed by atoms with van der Waals surface area (Å²) in [4.78, 5) is 0. The minimum atomic E-state index is 0.0773. The normalized spacial score (nSPS) is 14.8. The molecule has 0 amide bonds. The van der Waals surface area contributed by atoms with E-state index in [2.05, 4.69) is 62.7 Å². The molecule has 0 rings (SSSR count). The van der Waals surface area contributed by atoms with Crippen LogP contribution in [0.4, 0.5) is 0 Å². The van der Waals surface area contributed by atoms with Crippen molar-refractivity contribution in [2.24, 2.45) is 0 Å². The highest BCUT2D eigenvalue weighted by molar-refractivity contribution is 7.60. The molecule has 0 atom stereocenters. The van der Waals surface area contributed by atoms with Crippen molar-refractivity contribution in [3.63, 3.8) is 0 Å². The van der Waals surface area contributed by atoms with E-state index in [9.17, 15) is 0 Å². The number of hydrogen-bond acceptors (Lipinski definition) is 0. The van der Waals surface area contributed by atoms with Crippen LogP contribution in [-0.4, -0.2) is 48.6 Å². The monoisotopic (exact) mass is 232 g/mol. The van der Waals surface area contributed by atoms with E-state index < -0.39 is 0 Å². The van der Waals surface area contributed by atoms with Crippen LogP contribution >= 0.6 is 7.92 Å². The SMILES string of the molecule is CC(C)(C)P(CC[N+](C)(C)C)C(C)(C)C. The van der Waals surface area contributed by atoms with E-state index in [0.717, 1.165) is 4.48 Å². The molecule has 0 aromatic heterocycles. The molecule has 2 heteroatoms. The Labute approximate surface area is 98.6 Å². The van der Waals surface area contributed by atoms with E-state index in [0.29, 0.717) is 10.3 Å². The molecule has 0 aliphatic heterocycles. The summed E-state index contributed by atoms with van der Waals surface area (Å²) in [5, 5.41) is 0.950. The van der Waals surface area contributed by atoms with Gasteiger partial charge in [0.1, 0.15) is 0 Å². The van der Waals surface area contributed by atoms with E-state index in [1.807, 2.05) is 0 Å². The lowest BCUT2D eigenvalue weighted by molar-refractivity contribution is -0.867. The van der Waals surface area contributed by atoms with E-state index in [4.69, 9.17) is 0 Å². The Morgan fingerprint density at radius 3 is 1.33 bits per heavy atom. The second-order valence-electron chi connectivity index (χ2n) is 7.51. The van der Waals surface area contributed by atoms with Crippen LogP contribution in [0.25, 0.3) is 0 Å². The van der Waals surface area contributed by atoms with Gasteiger partial charge in [-0.25, -0.2) is 0 Å². The summed E-state index contributed by atoms with van der Waals surface area (Å²) in [5.41, 5.74) is 0. The molecule has 0 fully saturated rings. The molecular formula is C13H31NP+. The zero-order valence-corrected chi connectivity index (χ0v) is 13.2. The molecule has 0 aliphatic rings. The Morgan fingerprint density at radius 1 is 0.800 bits per heavy atom. The Bertz CT molecular complexity index is 176. The van der Waals surface area contributed by atoms with Gasteiger partial charge in [0.15, 0.2) is 0 Å². The summed E-state index contributed by atoms with van der Waals surface area (Å²) in [6, 6.07) is 0. The Kier molecular flexibility index (Phi) is 4.84. The van der Waals surface area contributed by atoms with Crippen LogP contribution in [0.1, 0.15) is 41.5 Å². The fourth-order valence-corrected chi connectivity index (χ4v) is 6.23. The van der Waals surface area contributed by atoms with Gasteiger partial charge in [-0.15, -0.1) is 0 Å². The van der Waals surface area contributed by atoms with Crippen molar-refractivity contribution < 1.29 is 4.48 Å². The standard InChI is InChI=1S/C13H31NP/c1-12(2,3)15(13(4,5)6)11-10-14(7,8)9/h10-11H2,1-9H3/q+1. The summed E-state index contributed by atoms with van der Waals surface area (Å²) in [5.74, 6) is 0. The summed E-state index contributed by atoms with van der Waals surface area (Å²) in [7, 11) is 6.95. The highest BCUT2D eigenvalue weighted by Crippen LogP contribution is 2.58. The van der Waals surface area contributed by atoms with Gasteiger partial charge in [-0.3, -0.25) is 0 Å². The first kappa shape index (κ1) is 15.4. The molecule has 1 nitrogen and oxygen atoms in total. The van der Waals surface area contributed by atoms with Crippen molar-refractivity contribution >= 4 is 7.92 Å². The van der Waals surface area contributed by atoms with Crippen molar-refractivity contribution in [1.29, 1.82) is 0 Å². The predicted molar refractivity (Wildman–Crippen MR) is 74.2 cm³/mol. The predicted octanol–water partition coefficient (Wildman–Crippen LogP) is 3.77. The maximum atomic E-state index is 2.40. The zero-order chi connectivity index (χ0) is 12.5. The topological polar surface area (TPSA) is 0 Å². The van der Waals surface area contributed by atoms with Crippen LogP contribution in [0.3, 0.4) is 0 Å². The summed E-state index contributed by atoms with van der Waals surface area (Å²) < 4.78 is 1.09. The van der Waals surface area contributed by atoms with Crippen molar-refractivity contribution in [3.05, 3.63) is 0 Å². The molecule has 0 saturated carbocycles. The van der Waals surface area contributed by atoms with Crippen molar-refractivity contribution in [1.82, 2.24) is 0 Å². The number of rotatable bonds is 3. The van der Waals surface area contributed by atoms with Crippen LogP contribution in [0, 0.1) is 0 Å². The van der Waals surface area contributed by atoms with Crippen LogP contribution in [0.15, 0.2) is 0 Å². The van der Waals surface area contributed by atoms with Gasteiger partial charge in [0.05, 0.1) is 27.7 Å². The third-order valence-electron chi connectivity index (χ3n) is 2.61. The highest BCUT2D eigenvalue weighted by atomic mass is 31.1. The Balaban J connectivity index is 4.56. The molecule has 0 radical (unpaired) electrons. The van der Waals surface area contributed by atoms with Gasteiger partial charge >= 0.3 is 0 Å². The second-order valence-corrected chi connectivity index (χ2v) is 11.5. The lowest BCUT2D eigenvalue weighted by atomic mass is 10.2. The first-order chi connectivity index (χ1) is 6.34. The molecule has 92 valence electrons. The maximum absolute atomic E-state index is 2.40. The Hall–Kier alpha value is 0.390. The first-order valence-electron chi connectivity index (χ1n) is 5.92. The van der Waals surface area contributed by atoms with Gasteiger partial charge in [-0.2, -0.15) is 0 Å². The molecule has 0 aliphatic carbocycles. The third kappa shape index (κ3) is 6.53. The number of hydrogen-bond donors (Lipinski definition) is 0. The lowest BCUT2D eigenvalue weighted by Crippen LogP contribution is -2.39. The minimum absolute atomic E-state index is 0.0773.